The Kier molecular flexibility index (Phi) is 6.17. The molecule has 0 spiro atoms. The first-order valence-corrected chi connectivity index (χ1v) is 5.49. The molecule has 0 fully saturated rings. The number of hydrogen-bond acceptors (Lipinski definition) is 4. The normalized spacial score (nSPS) is 12.3. The van der Waals surface area contributed by atoms with Crippen LogP contribution in [0.3, 0.4) is 0 Å². The van der Waals surface area contributed by atoms with Gasteiger partial charge in [-0.05, 0) is 0 Å². The van der Waals surface area contributed by atoms with Crippen molar-refractivity contribution in [3.63, 3.8) is 0 Å². The van der Waals surface area contributed by atoms with E-state index in [1.165, 1.54) is 0 Å². The number of hydrogen-bond donors (Lipinski definition) is 3. The van der Waals surface area contributed by atoms with Gasteiger partial charge in [0.25, 0.3) is 10.2 Å². The molecule has 0 aliphatic heterocycles. The van der Waals surface area contributed by atoms with Gasteiger partial charge in [-0.3, -0.25) is 0 Å². The average Bonchev–Trinajstić information content (AvgIpc) is 2.04. The SMILES string of the molecule is CCNS(=O)(=O)N(CCO)CCO. The van der Waals surface area contributed by atoms with Gasteiger partial charge < -0.3 is 10.2 Å². The smallest absolute Gasteiger partial charge is 0.279 e. The Hall–Kier alpha value is -0.210. The fourth-order valence-corrected chi connectivity index (χ4v) is 2.04. The summed E-state index contributed by atoms with van der Waals surface area (Å²) in [4.78, 5) is 0. The number of nitrogens with zero attached hydrogens (tertiary/aromatic N) is 1. The van der Waals surface area contributed by atoms with E-state index in [1.807, 2.05) is 0 Å². The summed E-state index contributed by atoms with van der Waals surface area (Å²) in [5, 5.41) is 17.2. The topological polar surface area (TPSA) is 89.9 Å². The molecule has 0 unspecified atom stereocenters. The van der Waals surface area contributed by atoms with Crippen molar-refractivity contribution < 1.29 is 18.6 Å². The van der Waals surface area contributed by atoms with Crippen LogP contribution in [0.2, 0.25) is 0 Å². The van der Waals surface area contributed by atoms with Gasteiger partial charge in [-0.2, -0.15) is 12.7 Å². The predicted molar refractivity (Wildman–Crippen MR) is 48.3 cm³/mol. The van der Waals surface area contributed by atoms with E-state index in [1.54, 1.807) is 6.92 Å². The van der Waals surface area contributed by atoms with Crippen molar-refractivity contribution in [3.05, 3.63) is 0 Å². The van der Waals surface area contributed by atoms with E-state index in [2.05, 4.69) is 4.72 Å². The lowest BCUT2D eigenvalue weighted by Crippen LogP contribution is -2.43. The standard InChI is InChI=1S/C6H16N2O4S/c1-2-7-13(11,12)8(3-5-9)4-6-10/h7,9-10H,2-6H2,1H3. The third-order valence-electron chi connectivity index (χ3n) is 1.37. The maximum absolute atomic E-state index is 11.3. The van der Waals surface area contributed by atoms with Crippen LogP contribution in [-0.4, -0.2) is 55.8 Å². The van der Waals surface area contributed by atoms with Gasteiger partial charge in [0, 0.05) is 19.6 Å². The Bertz CT molecular complexity index is 211. The Morgan fingerprint density at radius 3 is 2.00 bits per heavy atom. The molecule has 0 aromatic heterocycles. The number of rotatable bonds is 7. The van der Waals surface area contributed by atoms with Gasteiger partial charge in [0.1, 0.15) is 0 Å². The lowest BCUT2D eigenvalue weighted by Gasteiger charge is -2.19. The number of aliphatic hydroxyl groups is 2. The van der Waals surface area contributed by atoms with Crippen molar-refractivity contribution in [1.29, 1.82) is 0 Å². The average molecular weight is 212 g/mol. The fraction of sp³-hybridized carbons (Fsp3) is 1.00. The lowest BCUT2D eigenvalue weighted by molar-refractivity contribution is 0.216. The zero-order chi connectivity index (χ0) is 10.3. The molecule has 0 saturated carbocycles. The van der Waals surface area contributed by atoms with Crippen LogP contribution in [0.4, 0.5) is 0 Å². The molecular formula is C6H16N2O4S. The summed E-state index contributed by atoms with van der Waals surface area (Å²) in [6, 6.07) is 0. The zero-order valence-electron chi connectivity index (χ0n) is 7.60. The maximum atomic E-state index is 11.3. The summed E-state index contributed by atoms with van der Waals surface area (Å²) in [6.45, 7) is 1.42. The second-order valence-electron chi connectivity index (χ2n) is 2.35. The lowest BCUT2D eigenvalue weighted by atomic mass is 10.6. The third kappa shape index (κ3) is 4.53. The molecule has 0 saturated heterocycles. The van der Waals surface area contributed by atoms with Crippen LogP contribution in [0, 0.1) is 0 Å². The quantitative estimate of drug-likeness (QED) is 0.461. The van der Waals surface area contributed by atoms with Gasteiger partial charge in [-0.15, -0.1) is 0 Å². The second-order valence-corrected chi connectivity index (χ2v) is 4.10. The molecule has 0 aromatic rings. The van der Waals surface area contributed by atoms with E-state index < -0.39 is 10.2 Å². The first-order chi connectivity index (χ1) is 6.08. The largest absolute Gasteiger partial charge is 0.395 e. The van der Waals surface area contributed by atoms with Gasteiger partial charge >= 0.3 is 0 Å². The van der Waals surface area contributed by atoms with Gasteiger partial charge in [-0.25, -0.2) is 4.72 Å². The molecule has 0 radical (unpaired) electrons. The molecule has 13 heavy (non-hydrogen) atoms. The van der Waals surface area contributed by atoms with Crippen LogP contribution in [-0.2, 0) is 10.2 Å². The van der Waals surface area contributed by atoms with Crippen LogP contribution in [0.25, 0.3) is 0 Å². The van der Waals surface area contributed by atoms with Crippen molar-refractivity contribution >= 4 is 10.2 Å². The summed E-state index contributed by atoms with van der Waals surface area (Å²) in [7, 11) is -3.53. The van der Waals surface area contributed by atoms with Gasteiger partial charge in [0.15, 0.2) is 0 Å². The van der Waals surface area contributed by atoms with Gasteiger partial charge in [-0.1, -0.05) is 6.92 Å². The van der Waals surface area contributed by atoms with E-state index in [9.17, 15) is 8.42 Å². The van der Waals surface area contributed by atoms with Gasteiger partial charge in [0.2, 0.25) is 0 Å². The monoisotopic (exact) mass is 212 g/mol. The Balaban J connectivity index is 4.33. The van der Waals surface area contributed by atoms with E-state index in [0.29, 0.717) is 0 Å². The van der Waals surface area contributed by atoms with Crippen LogP contribution >= 0.6 is 0 Å². The van der Waals surface area contributed by atoms with Crippen LogP contribution in [0.15, 0.2) is 0 Å². The summed E-state index contributed by atoms with van der Waals surface area (Å²) < 4.78 is 25.9. The molecule has 80 valence electrons. The van der Waals surface area contributed by atoms with E-state index in [4.69, 9.17) is 10.2 Å². The molecule has 0 bridgehead atoms. The fourth-order valence-electron chi connectivity index (χ4n) is 0.849. The molecule has 0 amide bonds. The zero-order valence-corrected chi connectivity index (χ0v) is 8.42. The van der Waals surface area contributed by atoms with Crippen LogP contribution in [0.5, 0.6) is 0 Å². The van der Waals surface area contributed by atoms with E-state index >= 15 is 0 Å². The Morgan fingerprint density at radius 2 is 1.69 bits per heavy atom. The van der Waals surface area contributed by atoms with Crippen molar-refractivity contribution in [1.82, 2.24) is 9.03 Å². The van der Waals surface area contributed by atoms with Crippen LogP contribution < -0.4 is 4.72 Å². The maximum Gasteiger partial charge on any atom is 0.279 e. The minimum Gasteiger partial charge on any atom is -0.395 e. The molecular weight excluding hydrogens is 196 g/mol. The highest BCUT2D eigenvalue weighted by Crippen LogP contribution is 1.95. The summed E-state index contributed by atoms with van der Waals surface area (Å²) in [5.41, 5.74) is 0. The molecule has 0 heterocycles. The number of aliphatic hydroxyl groups excluding tert-OH is 2. The van der Waals surface area contributed by atoms with E-state index in [-0.39, 0.29) is 32.8 Å². The van der Waals surface area contributed by atoms with Crippen molar-refractivity contribution in [2.45, 2.75) is 6.92 Å². The summed E-state index contributed by atoms with van der Waals surface area (Å²) in [5.74, 6) is 0. The first kappa shape index (κ1) is 12.8. The predicted octanol–water partition coefficient (Wildman–Crippen LogP) is -1.87. The van der Waals surface area contributed by atoms with E-state index in [0.717, 1.165) is 4.31 Å². The first-order valence-electron chi connectivity index (χ1n) is 4.05. The second kappa shape index (κ2) is 6.28. The highest BCUT2D eigenvalue weighted by atomic mass is 32.2. The third-order valence-corrected chi connectivity index (χ3v) is 3.06. The van der Waals surface area contributed by atoms with Crippen molar-refractivity contribution in [3.8, 4) is 0 Å². The molecule has 6 nitrogen and oxygen atoms in total. The highest BCUT2D eigenvalue weighted by molar-refractivity contribution is 7.87. The van der Waals surface area contributed by atoms with Gasteiger partial charge in [0.05, 0.1) is 13.2 Å². The molecule has 0 aliphatic rings. The minimum absolute atomic E-state index is 0.00407. The molecule has 0 rings (SSSR count). The summed E-state index contributed by atoms with van der Waals surface area (Å²) in [6.07, 6.45) is 0. The Morgan fingerprint density at radius 1 is 1.23 bits per heavy atom. The van der Waals surface area contributed by atoms with Crippen molar-refractivity contribution in [2.75, 3.05) is 32.8 Å². The highest BCUT2D eigenvalue weighted by Gasteiger charge is 2.18. The molecule has 3 N–H and O–H groups in total. The summed E-state index contributed by atoms with van der Waals surface area (Å²) >= 11 is 0. The molecule has 7 heteroatoms. The number of nitrogens with one attached hydrogen (secondary N) is 1. The minimum atomic E-state index is -3.53. The molecule has 0 atom stereocenters. The molecule has 0 aliphatic carbocycles. The Labute approximate surface area is 78.4 Å². The van der Waals surface area contributed by atoms with Crippen molar-refractivity contribution in [2.24, 2.45) is 0 Å². The van der Waals surface area contributed by atoms with Crippen LogP contribution in [0.1, 0.15) is 6.92 Å². The molecule has 0 aromatic carbocycles.